The van der Waals surface area contributed by atoms with Crippen molar-refractivity contribution in [3.05, 3.63) is 28.2 Å². The Hall–Kier alpha value is -0.830. The van der Waals surface area contributed by atoms with Gasteiger partial charge in [0, 0.05) is 16.1 Å². The van der Waals surface area contributed by atoms with Gasteiger partial charge < -0.3 is 10.5 Å². The molecule has 0 aromatic heterocycles. The monoisotopic (exact) mass is 227 g/mol. The second kappa shape index (κ2) is 3.72. The van der Waals surface area contributed by atoms with Crippen LogP contribution in [-0.4, -0.2) is 6.29 Å². The fourth-order valence-electron chi connectivity index (χ4n) is 0.905. The van der Waals surface area contributed by atoms with Crippen molar-refractivity contribution in [3.8, 4) is 0 Å². The molecule has 0 spiro atoms. The average molecular weight is 228 g/mol. The number of rotatable bonds is 2. The van der Waals surface area contributed by atoms with Crippen LogP contribution in [0.1, 0.15) is 18.4 Å². The largest absolute Gasteiger partial charge is 0.398 e. The molecular formula is C9H10BrNO. The number of hydrogen-bond acceptors (Lipinski definition) is 2. The Kier molecular flexibility index (Phi) is 2.87. The van der Waals surface area contributed by atoms with Crippen molar-refractivity contribution in [1.82, 2.24) is 0 Å². The zero-order valence-electron chi connectivity index (χ0n) is 6.75. The molecule has 1 unspecified atom stereocenters. The minimum Gasteiger partial charge on any atom is -0.398 e. The number of benzene rings is 1. The molecule has 64 valence electrons. The number of carbonyl (C=O) groups excluding carboxylic acids is 1. The molecule has 3 heteroatoms. The Morgan fingerprint density at radius 1 is 1.58 bits per heavy atom. The van der Waals surface area contributed by atoms with Gasteiger partial charge in [0.1, 0.15) is 6.29 Å². The van der Waals surface area contributed by atoms with E-state index in [0.717, 1.165) is 16.3 Å². The van der Waals surface area contributed by atoms with E-state index in [1.165, 1.54) is 0 Å². The van der Waals surface area contributed by atoms with E-state index in [1.807, 2.05) is 19.1 Å². The Morgan fingerprint density at radius 2 is 2.25 bits per heavy atom. The summed E-state index contributed by atoms with van der Waals surface area (Å²) in [4.78, 5) is 10.5. The first-order chi connectivity index (χ1) is 5.65. The highest BCUT2D eigenvalue weighted by Gasteiger charge is 2.04. The molecule has 0 saturated carbocycles. The molecule has 0 aliphatic rings. The predicted octanol–water partition coefficient (Wildman–Crippen LogP) is 2.33. The average Bonchev–Trinajstić information content (AvgIpc) is 2.08. The zero-order chi connectivity index (χ0) is 9.14. The molecule has 1 rings (SSSR count). The van der Waals surface area contributed by atoms with Crippen molar-refractivity contribution in [2.45, 2.75) is 12.8 Å². The van der Waals surface area contributed by atoms with Gasteiger partial charge in [-0.2, -0.15) is 0 Å². The molecule has 1 atom stereocenters. The smallest absolute Gasteiger partial charge is 0.127 e. The summed E-state index contributed by atoms with van der Waals surface area (Å²) in [5, 5.41) is 0. The van der Waals surface area contributed by atoms with E-state index in [9.17, 15) is 4.79 Å². The van der Waals surface area contributed by atoms with E-state index in [0.29, 0.717) is 5.69 Å². The number of carbonyl (C=O) groups is 1. The topological polar surface area (TPSA) is 43.1 Å². The van der Waals surface area contributed by atoms with E-state index in [1.54, 1.807) is 6.07 Å². The molecule has 2 nitrogen and oxygen atoms in total. The van der Waals surface area contributed by atoms with Gasteiger partial charge in [0.25, 0.3) is 0 Å². The minimum atomic E-state index is -0.0677. The first-order valence-corrected chi connectivity index (χ1v) is 4.44. The molecule has 0 aliphatic carbocycles. The normalized spacial score (nSPS) is 12.5. The number of nitrogens with two attached hydrogens (primary N) is 1. The SMILES string of the molecule is CC(C=O)c1ccc(N)c(Br)c1. The fraction of sp³-hybridized carbons (Fsp3) is 0.222. The maximum atomic E-state index is 10.5. The quantitative estimate of drug-likeness (QED) is 0.623. The molecule has 0 amide bonds. The van der Waals surface area contributed by atoms with Gasteiger partial charge in [-0.15, -0.1) is 0 Å². The summed E-state index contributed by atoms with van der Waals surface area (Å²) in [6, 6.07) is 5.52. The molecular weight excluding hydrogens is 218 g/mol. The summed E-state index contributed by atoms with van der Waals surface area (Å²) in [7, 11) is 0. The third kappa shape index (κ3) is 1.85. The second-order valence-corrected chi connectivity index (χ2v) is 3.56. The van der Waals surface area contributed by atoms with Gasteiger partial charge in [-0.05, 0) is 33.6 Å². The van der Waals surface area contributed by atoms with Gasteiger partial charge in [-0.3, -0.25) is 0 Å². The van der Waals surface area contributed by atoms with Crippen LogP contribution < -0.4 is 5.73 Å². The maximum Gasteiger partial charge on any atom is 0.127 e. The summed E-state index contributed by atoms with van der Waals surface area (Å²) in [5.41, 5.74) is 7.26. The van der Waals surface area contributed by atoms with Crippen LogP contribution in [0, 0.1) is 0 Å². The van der Waals surface area contributed by atoms with Gasteiger partial charge >= 0.3 is 0 Å². The highest BCUT2D eigenvalue weighted by Crippen LogP contribution is 2.23. The van der Waals surface area contributed by atoms with Gasteiger partial charge in [-0.25, -0.2) is 0 Å². The Morgan fingerprint density at radius 3 is 2.75 bits per heavy atom. The van der Waals surface area contributed by atoms with Crippen LogP contribution in [0.5, 0.6) is 0 Å². The van der Waals surface area contributed by atoms with E-state index in [-0.39, 0.29) is 5.92 Å². The molecule has 0 bridgehead atoms. The van der Waals surface area contributed by atoms with Gasteiger partial charge in [0.05, 0.1) is 0 Å². The van der Waals surface area contributed by atoms with E-state index < -0.39 is 0 Å². The lowest BCUT2D eigenvalue weighted by molar-refractivity contribution is -0.108. The van der Waals surface area contributed by atoms with Crippen LogP contribution in [0.4, 0.5) is 5.69 Å². The molecule has 0 heterocycles. The number of anilines is 1. The Labute approximate surface area is 79.9 Å². The van der Waals surface area contributed by atoms with Gasteiger partial charge in [0.2, 0.25) is 0 Å². The number of hydrogen-bond donors (Lipinski definition) is 1. The molecule has 0 radical (unpaired) electrons. The standard InChI is InChI=1S/C9H10BrNO/c1-6(5-12)7-2-3-9(11)8(10)4-7/h2-6H,11H2,1H3. The first-order valence-electron chi connectivity index (χ1n) is 3.65. The third-order valence-electron chi connectivity index (χ3n) is 1.75. The lowest BCUT2D eigenvalue weighted by atomic mass is 10.0. The van der Waals surface area contributed by atoms with Crippen molar-refractivity contribution in [2.75, 3.05) is 5.73 Å². The Balaban J connectivity index is 3.04. The summed E-state index contributed by atoms with van der Waals surface area (Å²) in [5.74, 6) is -0.0677. The first kappa shape index (κ1) is 9.26. The van der Waals surface area contributed by atoms with Gasteiger partial charge in [0.15, 0.2) is 0 Å². The highest BCUT2D eigenvalue weighted by molar-refractivity contribution is 9.10. The van der Waals surface area contributed by atoms with E-state index in [2.05, 4.69) is 15.9 Å². The van der Waals surface area contributed by atoms with Crippen LogP contribution in [0.25, 0.3) is 0 Å². The molecule has 0 aliphatic heterocycles. The molecule has 0 fully saturated rings. The molecule has 1 aromatic carbocycles. The van der Waals surface area contributed by atoms with Crippen molar-refractivity contribution in [3.63, 3.8) is 0 Å². The minimum absolute atomic E-state index is 0.0677. The summed E-state index contributed by atoms with van der Waals surface area (Å²) in [6.45, 7) is 1.85. The lowest BCUT2D eigenvalue weighted by Crippen LogP contribution is -1.95. The predicted molar refractivity (Wildman–Crippen MR) is 53.0 cm³/mol. The molecule has 0 saturated heterocycles. The van der Waals surface area contributed by atoms with Crippen molar-refractivity contribution >= 4 is 27.9 Å². The highest BCUT2D eigenvalue weighted by atomic mass is 79.9. The zero-order valence-corrected chi connectivity index (χ0v) is 8.34. The van der Waals surface area contributed by atoms with Crippen LogP contribution in [0.15, 0.2) is 22.7 Å². The van der Waals surface area contributed by atoms with Gasteiger partial charge in [-0.1, -0.05) is 13.0 Å². The molecule has 1 aromatic rings. The fourth-order valence-corrected chi connectivity index (χ4v) is 1.30. The lowest BCUT2D eigenvalue weighted by Gasteiger charge is -2.05. The summed E-state index contributed by atoms with van der Waals surface area (Å²) < 4.78 is 0.841. The van der Waals surface area contributed by atoms with Crippen LogP contribution in [-0.2, 0) is 4.79 Å². The molecule has 12 heavy (non-hydrogen) atoms. The van der Waals surface area contributed by atoms with E-state index >= 15 is 0 Å². The van der Waals surface area contributed by atoms with Crippen LogP contribution >= 0.6 is 15.9 Å². The third-order valence-corrected chi connectivity index (χ3v) is 2.44. The molecule has 2 N–H and O–H groups in total. The Bertz CT molecular complexity index is 299. The van der Waals surface area contributed by atoms with E-state index in [4.69, 9.17) is 5.73 Å². The van der Waals surface area contributed by atoms with Crippen molar-refractivity contribution < 1.29 is 4.79 Å². The maximum absolute atomic E-state index is 10.5. The summed E-state index contributed by atoms with van der Waals surface area (Å²) in [6.07, 6.45) is 0.915. The second-order valence-electron chi connectivity index (χ2n) is 2.71. The number of halogens is 1. The van der Waals surface area contributed by atoms with Crippen molar-refractivity contribution in [2.24, 2.45) is 0 Å². The van der Waals surface area contributed by atoms with Crippen LogP contribution in [0.2, 0.25) is 0 Å². The van der Waals surface area contributed by atoms with Crippen LogP contribution in [0.3, 0.4) is 0 Å². The number of nitrogen functional groups attached to an aromatic ring is 1. The number of aldehydes is 1. The summed E-state index contributed by atoms with van der Waals surface area (Å²) >= 11 is 3.30. The van der Waals surface area contributed by atoms with Crippen molar-refractivity contribution in [1.29, 1.82) is 0 Å².